The molecule has 7 aromatic rings. The van der Waals surface area contributed by atoms with Gasteiger partial charge in [-0.1, -0.05) is 146 Å². The third kappa shape index (κ3) is 10.9. The van der Waals surface area contributed by atoms with Crippen LogP contribution in [0.15, 0.2) is 170 Å². The summed E-state index contributed by atoms with van der Waals surface area (Å²) < 4.78 is 42.5. The van der Waals surface area contributed by atoms with Crippen molar-refractivity contribution in [1.29, 1.82) is 0 Å². The van der Waals surface area contributed by atoms with Gasteiger partial charge < -0.3 is 34.2 Å². The van der Waals surface area contributed by atoms with Crippen LogP contribution in [0.25, 0.3) is 10.1 Å². The van der Waals surface area contributed by atoms with Gasteiger partial charge in [0.15, 0.2) is 0 Å². The second-order valence-electron chi connectivity index (χ2n) is 14.8. The predicted molar refractivity (Wildman–Crippen MR) is 234 cm³/mol. The highest BCUT2D eigenvalue weighted by Crippen LogP contribution is 2.42. The summed E-state index contributed by atoms with van der Waals surface area (Å²) in [5.41, 5.74) is 12.3. The zero-order chi connectivity index (χ0) is 40.1. The third-order valence-electron chi connectivity index (χ3n) is 10.5. The number of benzene rings is 6. The van der Waals surface area contributed by atoms with E-state index in [9.17, 15) is 0 Å². The summed E-state index contributed by atoms with van der Waals surface area (Å²) in [7, 11) is 0. The van der Waals surface area contributed by atoms with E-state index in [0.29, 0.717) is 45.3 Å². The van der Waals surface area contributed by atoms with Crippen LogP contribution in [0.3, 0.4) is 0 Å². The van der Waals surface area contributed by atoms with Crippen molar-refractivity contribution in [3.05, 3.63) is 208 Å². The summed E-state index contributed by atoms with van der Waals surface area (Å²) in [6.07, 6.45) is -2.12. The molecule has 0 bridgehead atoms. The van der Waals surface area contributed by atoms with Crippen LogP contribution in [-0.2, 0) is 56.5 Å². The van der Waals surface area contributed by atoms with E-state index in [1.165, 1.54) is 15.0 Å². The Morgan fingerprint density at radius 1 is 0.525 bits per heavy atom. The maximum absolute atomic E-state index is 7.31. The molecule has 59 heavy (non-hydrogen) atoms. The van der Waals surface area contributed by atoms with Crippen molar-refractivity contribution >= 4 is 21.4 Å². The first-order valence-corrected chi connectivity index (χ1v) is 21.2. The maximum Gasteiger partial charge on any atom is 0.125 e. The third-order valence-corrected chi connectivity index (χ3v) is 11.6. The minimum absolute atomic E-state index is 0.266. The largest absolute Gasteiger partial charge is 0.492 e. The van der Waals surface area contributed by atoms with Gasteiger partial charge >= 0.3 is 0 Å². The summed E-state index contributed by atoms with van der Waals surface area (Å²) in [5.74, 6) is 0.697. The van der Waals surface area contributed by atoms with Crippen molar-refractivity contribution in [2.45, 2.75) is 63.4 Å². The SMILES string of the molecule is NCCOc1ccc(Cc2cc3ccccc3s2)cc1[C@@H]1O[C@H](COCc2ccccc2)[C@@H](OCc2ccccc2)[C@H](OCc2ccccc2)[C@H]1OCc1ccccc1. The lowest BCUT2D eigenvalue weighted by molar-refractivity contribution is -0.275. The minimum atomic E-state index is -0.614. The van der Waals surface area contributed by atoms with Gasteiger partial charge in [0.05, 0.1) is 33.0 Å². The molecule has 0 unspecified atom stereocenters. The molecule has 8 rings (SSSR count). The molecule has 2 heterocycles. The fourth-order valence-corrected chi connectivity index (χ4v) is 8.69. The fraction of sp³-hybridized carbons (Fsp3) is 0.255. The molecule has 0 radical (unpaired) electrons. The smallest absolute Gasteiger partial charge is 0.125 e. The quantitative estimate of drug-likeness (QED) is 0.0872. The summed E-state index contributed by atoms with van der Waals surface area (Å²) in [6, 6.07) is 58.0. The van der Waals surface area contributed by atoms with Crippen molar-refractivity contribution < 1.29 is 28.4 Å². The maximum atomic E-state index is 7.31. The Kier molecular flexibility index (Phi) is 14.2. The Labute approximate surface area is 351 Å². The normalized spacial score (nSPS) is 19.2. The second kappa shape index (κ2) is 20.7. The molecular weight excluding hydrogens is 755 g/mol. The van der Waals surface area contributed by atoms with Crippen LogP contribution in [0.5, 0.6) is 5.75 Å². The highest BCUT2D eigenvalue weighted by molar-refractivity contribution is 7.19. The molecule has 0 spiro atoms. The molecule has 0 saturated carbocycles. The van der Waals surface area contributed by atoms with Crippen molar-refractivity contribution in [1.82, 2.24) is 0 Å². The number of thiophene rings is 1. The van der Waals surface area contributed by atoms with Crippen LogP contribution in [0, 0.1) is 0 Å². The highest BCUT2D eigenvalue weighted by atomic mass is 32.1. The molecule has 1 aliphatic rings. The van der Waals surface area contributed by atoms with Gasteiger partial charge in [-0.2, -0.15) is 0 Å². The number of rotatable bonds is 19. The molecule has 5 atom stereocenters. The van der Waals surface area contributed by atoms with E-state index < -0.39 is 30.5 Å². The van der Waals surface area contributed by atoms with Gasteiger partial charge in [0.2, 0.25) is 0 Å². The lowest BCUT2D eigenvalue weighted by Crippen LogP contribution is -2.58. The summed E-state index contributed by atoms with van der Waals surface area (Å²) in [6.45, 7) is 2.48. The van der Waals surface area contributed by atoms with Crippen LogP contribution in [0.2, 0.25) is 0 Å². The Morgan fingerprint density at radius 2 is 1.07 bits per heavy atom. The second-order valence-corrected chi connectivity index (χ2v) is 16.0. The molecule has 1 aliphatic heterocycles. The van der Waals surface area contributed by atoms with E-state index in [2.05, 4.69) is 91.0 Å². The topological polar surface area (TPSA) is 81.4 Å². The zero-order valence-corrected chi connectivity index (χ0v) is 34.0. The first-order chi connectivity index (χ1) is 29.2. The minimum Gasteiger partial charge on any atom is -0.492 e. The molecule has 1 aromatic heterocycles. The number of ether oxygens (including phenoxy) is 6. The lowest BCUT2D eigenvalue weighted by Gasteiger charge is -2.46. The predicted octanol–water partition coefficient (Wildman–Crippen LogP) is 10.2. The standard InChI is InChI=1S/C51H51NO6S/c52-27-28-54-45-26-25-41(29-43-31-42-23-13-14-24-47(42)59-43)30-44(45)48-50(56-34-39-19-9-3-10-20-39)51(57-35-40-21-11-4-12-22-40)49(55-33-38-17-7-2-8-18-38)46(58-48)36-53-32-37-15-5-1-6-16-37/h1-26,30-31,46,48-51H,27-29,32-36,52H2/t46-,48+,49-,50+,51+/m1/s1. The highest BCUT2D eigenvalue weighted by Gasteiger charge is 2.49. The van der Waals surface area contributed by atoms with Crippen molar-refractivity contribution in [3.63, 3.8) is 0 Å². The van der Waals surface area contributed by atoms with E-state index in [-0.39, 0.29) is 6.61 Å². The van der Waals surface area contributed by atoms with E-state index in [4.69, 9.17) is 34.2 Å². The van der Waals surface area contributed by atoms with E-state index >= 15 is 0 Å². The molecular formula is C51H51NO6S. The lowest BCUT2D eigenvalue weighted by atomic mass is 9.89. The fourth-order valence-electron chi connectivity index (χ4n) is 7.60. The summed E-state index contributed by atoms with van der Waals surface area (Å²) >= 11 is 1.82. The molecule has 7 nitrogen and oxygen atoms in total. The van der Waals surface area contributed by atoms with Crippen molar-refractivity contribution in [2.75, 3.05) is 19.8 Å². The molecule has 0 amide bonds. The van der Waals surface area contributed by atoms with Crippen LogP contribution in [0.4, 0.5) is 0 Å². The Balaban J connectivity index is 1.20. The first kappa shape index (κ1) is 40.6. The van der Waals surface area contributed by atoms with Gasteiger partial charge in [0.1, 0.15) is 42.9 Å². The average molecular weight is 806 g/mol. The van der Waals surface area contributed by atoms with Gasteiger partial charge in [0, 0.05) is 28.1 Å². The van der Waals surface area contributed by atoms with Gasteiger partial charge in [-0.05, 0) is 57.5 Å². The number of hydrogen-bond acceptors (Lipinski definition) is 8. The van der Waals surface area contributed by atoms with Crippen molar-refractivity contribution in [3.8, 4) is 5.75 Å². The van der Waals surface area contributed by atoms with Gasteiger partial charge in [-0.3, -0.25) is 0 Å². The Morgan fingerprint density at radius 3 is 1.66 bits per heavy atom. The molecule has 1 saturated heterocycles. The van der Waals surface area contributed by atoms with Crippen LogP contribution in [-0.4, -0.2) is 44.2 Å². The summed E-state index contributed by atoms with van der Waals surface area (Å²) in [5, 5.41) is 1.25. The zero-order valence-electron chi connectivity index (χ0n) is 33.1. The van der Waals surface area contributed by atoms with Crippen molar-refractivity contribution in [2.24, 2.45) is 5.73 Å². The molecule has 302 valence electrons. The number of nitrogens with two attached hydrogens (primary N) is 1. The molecule has 6 aromatic carbocycles. The summed E-state index contributed by atoms with van der Waals surface area (Å²) in [4.78, 5) is 1.28. The molecule has 0 aliphatic carbocycles. The van der Waals surface area contributed by atoms with Gasteiger partial charge in [-0.15, -0.1) is 11.3 Å². The number of fused-ring (bicyclic) bond motifs is 1. The van der Waals surface area contributed by atoms with E-state index in [1.54, 1.807) is 0 Å². The molecule has 1 fully saturated rings. The Bertz CT molecular complexity index is 2270. The average Bonchev–Trinajstić information content (AvgIpc) is 3.70. The van der Waals surface area contributed by atoms with Crippen LogP contribution >= 0.6 is 11.3 Å². The first-order valence-electron chi connectivity index (χ1n) is 20.4. The van der Waals surface area contributed by atoms with E-state index in [0.717, 1.165) is 39.8 Å². The van der Waals surface area contributed by atoms with Crippen LogP contribution < -0.4 is 10.5 Å². The van der Waals surface area contributed by atoms with Gasteiger partial charge in [0.25, 0.3) is 0 Å². The number of hydrogen-bond donors (Lipinski definition) is 1. The molecule has 2 N–H and O–H groups in total. The molecule has 8 heteroatoms. The van der Waals surface area contributed by atoms with Gasteiger partial charge in [-0.25, -0.2) is 0 Å². The monoisotopic (exact) mass is 805 g/mol. The van der Waals surface area contributed by atoms with E-state index in [1.807, 2.05) is 90.2 Å². The van der Waals surface area contributed by atoms with Crippen LogP contribution in [0.1, 0.15) is 44.4 Å². The Hall–Kier alpha value is -5.16.